The maximum atomic E-state index is 12.9. The van der Waals surface area contributed by atoms with Crippen molar-refractivity contribution in [2.75, 3.05) is 12.9 Å². The van der Waals surface area contributed by atoms with Gasteiger partial charge in [0.15, 0.2) is 0 Å². The third-order valence-electron chi connectivity index (χ3n) is 3.19. The van der Waals surface area contributed by atoms with Crippen LogP contribution in [-0.4, -0.2) is 17.1 Å². The fraction of sp³-hybridized carbons (Fsp3) is 0.250. The lowest BCUT2D eigenvalue weighted by Gasteiger charge is -2.16. The smallest absolute Gasteiger partial charge is 0.123 e. The van der Waals surface area contributed by atoms with E-state index in [1.54, 1.807) is 7.11 Å². The predicted octanol–water partition coefficient (Wildman–Crippen LogP) is 2.95. The van der Waals surface area contributed by atoms with Crippen LogP contribution in [0.4, 0.5) is 4.39 Å². The molecule has 21 heavy (non-hydrogen) atoms. The number of methoxy groups -OCH3 is 1. The Hall–Kier alpha value is -1.72. The van der Waals surface area contributed by atoms with E-state index in [1.165, 1.54) is 24.3 Å². The van der Waals surface area contributed by atoms with Crippen molar-refractivity contribution in [1.29, 1.82) is 0 Å². The molecule has 2 atom stereocenters. The molecule has 0 saturated carbocycles. The molecule has 3 nitrogen and oxygen atoms in total. The zero-order valence-corrected chi connectivity index (χ0v) is 12.8. The molecule has 0 radical (unpaired) electrons. The van der Waals surface area contributed by atoms with Gasteiger partial charge in [-0.2, -0.15) is 0 Å². The van der Waals surface area contributed by atoms with Gasteiger partial charge < -0.3 is 10.5 Å². The zero-order valence-electron chi connectivity index (χ0n) is 12.0. The fourth-order valence-electron chi connectivity index (χ4n) is 2.08. The number of halogens is 1. The Morgan fingerprint density at radius 3 is 2.52 bits per heavy atom. The van der Waals surface area contributed by atoms with Gasteiger partial charge in [-0.1, -0.05) is 17.7 Å². The normalized spacial score (nSPS) is 13.7. The minimum absolute atomic E-state index is 0.255. The number of ether oxygens (including phenoxy) is 1. The van der Waals surface area contributed by atoms with Gasteiger partial charge in [0.1, 0.15) is 11.6 Å². The monoisotopic (exact) mass is 307 g/mol. The van der Waals surface area contributed by atoms with E-state index >= 15 is 0 Å². The number of benzene rings is 2. The van der Waals surface area contributed by atoms with Gasteiger partial charge in [0, 0.05) is 22.3 Å². The topological polar surface area (TPSA) is 52.3 Å². The van der Waals surface area contributed by atoms with Crippen LogP contribution >= 0.6 is 0 Å². The van der Waals surface area contributed by atoms with E-state index in [-0.39, 0.29) is 11.6 Å². The van der Waals surface area contributed by atoms with Gasteiger partial charge in [-0.3, -0.25) is 4.21 Å². The second-order valence-corrected chi connectivity index (χ2v) is 6.31. The van der Waals surface area contributed by atoms with Crippen molar-refractivity contribution in [1.82, 2.24) is 0 Å². The highest BCUT2D eigenvalue weighted by atomic mass is 32.2. The molecule has 5 heteroatoms. The Labute approximate surface area is 126 Å². The summed E-state index contributed by atoms with van der Waals surface area (Å²) in [7, 11) is 0.295. The molecule has 0 aliphatic rings. The highest BCUT2D eigenvalue weighted by Crippen LogP contribution is 2.26. The third kappa shape index (κ3) is 3.89. The summed E-state index contributed by atoms with van der Waals surface area (Å²) in [5.74, 6) is 0.593. The van der Waals surface area contributed by atoms with Gasteiger partial charge >= 0.3 is 0 Å². The highest BCUT2D eigenvalue weighted by Gasteiger charge is 2.16. The van der Waals surface area contributed by atoms with Gasteiger partial charge in [0.2, 0.25) is 0 Å². The van der Waals surface area contributed by atoms with Crippen molar-refractivity contribution in [2.45, 2.75) is 17.9 Å². The van der Waals surface area contributed by atoms with Crippen LogP contribution in [0.15, 0.2) is 47.4 Å². The maximum Gasteiger partial charge on any atom is 0.123 e. The fourth-order valence-corrected chi connectivity index (χ4v) is 3.22. The number of rotatable bonds is 5. The molecule has 0 saturated heterocycles. The van der Waals surface area contributed by atoms with E-state index in [0.717, 1.165) is 11.1 Å². The van der Waals surface area contributed by atoms with E-state index in [1.807, 2.05) is 25.1 Å². The van der Waals surface area contributed by atoms with E-state index in [9.17, 15) is 8.60 Å². The summed E-state index contributed by atoms with van der Waals surface area (Å²) in [4.78, 5) is 0.568. The quantitative estimate of drug-likeness (QED) is 0.924. The lowest BCUT2D eigenvalue weighted by molar-refractivity contribution is 0.407. The van der Waals surface area contributed by atoms with Crippen LogP contribution in [0.1, 0.15) is 17.2 Å². The molecule has 0 spiro atoms. The van der Waals surface area contributed by atoms with Crippen LogP contribution in [-0.2, 0) is 10.8 Å². The van der Waals surface area contributed by atoms with Gasteiger partial charge in [0.25, 0.3) is 0 Å². The molecule has 2 aromatic carbocycles. The second kappa shape index (κ2) is 6.83. The van der Waals surface area contributed by atoms with Crippen LogP contribution in [0.3, 0.4) is 0 Å². The summed E-state index contributed by atoms with van der Waals surface area (Å²) in [5, 5.41) is 0. The molecule has 2 aromatic rings. The lowest BCUT2D eigenvalue weighted by Crippen LogP contribution is -2.19. The largest absolute Gasteiger partial charge is 0.496 e. The lowest BCUT2D eigenvalue weighted by atomic mass is 10.1. The standard InChI is InChI=1S/C16H18FNO2S/c1-11-3-8-16(20-2)14(9-11)15(18)10-21(19)13-6-4-12(17)5-7-13/h3-9,15H,10,18H2,1-2H3. The molecule has 0 bridgehead atoms. The van der Waals surface area contributed by atoms with Gasteiger partial charge in [-0.15, -0.1) is 0 Å². The molecule has 0 amide bonds. The molecule has 0 fully saturated rings. The Bertz CT molecular complexity index is 643. The third-order valence-corrected chi connectivity index (χ3v) is 4.65. The highest BCUT2D eigenvalue weighted by molar-refractivity contribution is 7.85. The van der Waals surface area contributed by atoms with Crippen molar-refractivity contribution in [3.63, 3.8) is 0 Å². The number of hydrogen-bond donors (Lipinski definition) is 1. The van der Waals surface area contributed by atoms with Crippen molar-refractivity contribution >= 4 is 10.8 Å². The van der Waals surface area contributed by atoms with Crippen molar-refractivity contribution in [2.24, 2.45) is 5.73 Å². The summed E-state index contributed by atoms with van der Waals surface area (Å²) in [5.41, 5.74) is 8.05. The van der Waals surface area contributed by atoms with Gasteiger partial charge in [-0.05, 0) is 37.3 Å². The van der Waals surface area contributed by atoms with Crippen molar-refractivity contribution in [3.8, 4) is 5.75 Å². The average Bonchev–Trinajstić information content (AvgIpc) is 2.47. The molecule has 0 heterocycles. The number of hydrogen-bond acceptors (Lipinski definition) is 3. The van der Waals surface area contributed by atoms with E-state index in [0.29, 0.717) is 10.6 Å². The molecule has 2 unspecified atom stereocenters. The number of nitrogens with two attached hydrogens (primary N) is 1. The molecule has 2 N–H and O–H groups in total. The summed E-state index contributed by atoms with van der Waals surface area (Å²) in [6.07, 6.45) is 0. The second-order valence-electron chi connectivity index (χ2n) is 4.82. The van der Waals surface area contributed by atoms with Crippen LogP contribution < -0.4 is 10.5 Å². The first kappa shape index (κ1) is 15.7. The Kier molecular flexibility index (Phi) is 5.09. The first-order valence-electron chi connectivity index (χ1n) is 6.55. The average molecular weight is 307 g/mol. The summed E-state index contributed by atoms with van der Waals surface area (Å²) < 4.78 is 30.5. The first-order chi connectivity index (χ1) is 10.0. The summed E-state index contributed by atoms with van der Waals surface area (Å²) in [6.45, 7) is 1.96. The van der Waals surface area contributed by atoms with E-state index in [4.69, 9.17) is 10.5 Å². The number of aryl methyl sites for hydroxylation is 1. The van der Waals surface area contributed by atoms with Crippen LogP contribution in [0, 0.1) is 12.7 Å². The minimum Gasteiger partial charge on any atom is -0.496 e. The summed E-state index contributed by atoms with van der Waals surface area (Å²) >= 11 is 0. The molecular formula is C16H18FNO2S. The van der Waals surface area contributed by atoms with Crippen molar-refractivity contribution < 1.29 is 13.3 Å². The Morgan fingerprint density at radius 2 is 1.90 bits per heavy atom. The first-order valence-corrected chi connectivity index (χ1v) is 7.87. The van der Waals surface area contributed by atoms with Crippen LogP contribution in [0.2, 0.25) is 0 Å². The van der Waals surface area contributed by atoms with Crippen LogP contribution in [0.5, 0.6) is 5.75 Å². The van der Waals surface area contributed by atoms with Gasteiger partial charge in [-0.25, -0.2) is 4.39 Å². The Morgan fingerprint density at radius 1 is 1.24 bits per heavy atom. The minimum atomic E-state index is -1.29. The Balaban J connectivity index is 2.17. The zero-order chi connectivity index (χ0) is 15.4. The molecular weight excluding hydrogens is 289 g/mol. The van der Waals surface area contributed by atoms with Gasteiger partial charge in [0.05, 0.1) is 17.9 Å². The predicted molar refractivity (Wildman–Crippen MR) is 82.3 cm³/mol. The van der Waals surface area contributed by atoms with E-state index in [2.05, 4.69) is 0 Å². The molecule has 112 valence electrons. The molecule has 0 aliphatic carbocycles. The molecule has 0 aromatic heterocycles. The molecule has 0 aliphatic heterocycles. The van der Waals surface area contributed by atoms with Crippen molar-refractivity contribution in [3.05, 3.63) is 59.4 Å². The SMILES string of the molecule is COc1ccc(C)cc1C(N)CS(=O)c1ccc(F)cc1. The molecule has 2 rings (SSSR count). The maximum absolute atomic E-state index is 12.9. The van der Waals surface area contributed by atoms with E-state index < -0.39 is 16.8 Å². The summed E-state index contributed by atoms with van der Waals surface area (Å²) in [6, 6.07) is 10.9. The van der Waals surface area contributed by atoms with Crippen LogP contribution in [0.25, 0.3) is 0 Å².